The molecule has 1 amide bonds. The van der Waals surface area contributed by atoms with Crippen LogP contribution in [0.25, 0.3) is 0 Å². The van der Waals surface area contributed by atoms with Gasteiger partial charge in [0.25, 0.3) is 5.91 Å². The first-order chi connectivity index (χ1) is 11.4. The van der Waals surface area contributed by atoms with Gasteiger partial charge in [0, 0.05) is 12.0 Å². The normalized spacial score (nSPS) is 13.5. The van der Waals surface area contributed by atoms with E-state index in [0.29, 0.717) is 35.9 Å². The molecule has 1 aliphatic heterocycles. The third kappa shape index (κ3) is 4.34. The fourth-order valence-corrected chi connectivity index (χ4v) is 2.34. The van der Waals surface area contributed by atoms with E-state index in [1.165, 1.54) is 4.90 Å². The Hall–Kier alpha value is -2.37. The number of fused-ring (bicyclic) bond motifs is 1. The molecule has 0 saturated heterocycles. The number of amides is 1. The van der Waals surface area contributed by atoms with Crippen LogP contribution in [-0.2, 0) is 14.3 Å². The van der Waals surface area contributed by atoms with Crippen molar-refractivity contribution in [3.63, 3.8) is 0 Å². The molecule has 1 aromatic carbocycles. The van der Waals surface area contributed by atoms with Crippen LogP contribution in [0, 0.1) is 5.92 Å². The standard InChI is InChI=1S/C18H23NO5/c1-4-15(20)13-5-6-16-14(9-13)19(17(21)11-24-16)10-18(22)23-8-7-12(2)3/h5-6,9,12H,4,7-8,10-11H2,1-3H3. The molecule has 0 spiro atoms. The van der Waals surface area contributed by atoms with Crippen LogP contribution >= 0.6 is 0 Å². The van der Waals surface area contributed by atoms with Gasteiger partial charge in [0.15, 0.2) is 12.4 Å². The predicted octanol–water partition coefficient (Wildman–Crippen LogP) is 2.59. The molecule has 1 aromatic rings. The van der Waals surface area contributed by atoms with Crippen LogP contribution in [0.4, 0.5) is 5.69 Å². The summed E-state index contributed by atoms with van der Waals surface area (Å²) in [5.41, 5.74) is 0.930. The van der Waals surface area contributed by atoms with Crippen molar-refractivity contribution >= 4 is 23.3 Å². The molecule has 0 saturated carbocycles. The van der Waals surface area contributed by atoms with Gasteiger partial charge in [-0.15, -0.1) is 0 Å². The molecule has 0 radical (unpaired) electrons. The van der Waals surface area contributed by atoms with Gasteiger partial charge < -0.3 is 9.47 Å². The third-order valence-corrected chi connectivity index (χ3v) is 3.79. The van der Waals surface area contributed by atoms with Gasteiger partial charge in [0.1, 0.15) is 12.3 Å². The number of carbonyl (C=O) groups excluding carboxylic acids is 3. The number of Topliss-reactive ketones (excluding diaryl/α,β-unsaturated/α-hetero) is 1. The smallest absolute Gasteiger partial charge is 0.326 e. The second kappa shape index (κ2) is 7.95. The molecule has 1 heterocycles. The molecule has 0 aliphatic carbocycles. The highest BCUT2D eigenvalue weighted by Crippen LogP contribution is 2.33. The summed E-state index contributed by atoms with van der Waals surface area (Å²) in [6, 6.07) is 4.92. The topological polar surface area (TPSA) is 72.9 Å². The molecule has 1 aliphatic rings. The van der Waals surface area contributed by atoms with E-state index in [2.05, 4.69) is 0 Å². The highest BCUT2D eigenvalue weighted by atomic mass is 16.5. The highest BCUT2D eigenvalue weighted by molar-refractivity contribution is 6.03. The van der Waals surface area contributed by atoms with Crippen molar-refractivity contribution in [2.45, 2.75) is 33.6 Å². The fraction of sp³-hybridized carbons (Fsp3) is 0.500. The summed E-state index contributed by atoms with van der Waals surface area (Å²) < 4.78 is 10.6. The van der Waals surface area contributed by atoms with Crippen molar-refractivity contribution in [1.29, 1.82) is 0 Å². The Kier molecular flexibility index (Phi) is 5.95. The van der Waals surface area contributed by atoms with E-state index >= 15 is 0 Å². The summed E-state index contributed by atoms with van der Waals surface area (Å²) in [6.07, 6.45) is 1.14. The van der Waals surface area contributed by atoms with Crippen LogP contribution in [0.1, 0.15) is 44.0 Å². The molecular formula is C18H23NO5. The van der Waals surface area contributed by atoms with E-state index in [9.17, 15) is 14.4 Å². The Morgan fingerprint density at radius 2 is 2.08 bits per heavy atom. The van der Waals surface area contributed by atoms with Crippen LogP contribution in [0.2, 0.25) is 0 Å². The van der Waals surface area contributed by atoms with Gasteiger partial charge in [-0.1, -0.05) is 20.8 Å². The van der Waals surface area contributed by atoms with Crippen molar-refractivity contribution in [2.75, 3.05) is 24.7 Å². The summed E-state index contributed by atoms with van der Waals surface area (Å²) in [6.45, 7) is 5.87. The van der Waals surface area contributed by atoms with Crippen molar-refractivity contribution in [1.82, 2.24) is 0 Å². The molecule has 0 unspecified atom stereocenters. The van der Waals surface area contributed by atoms with Crippen molar-refractivity contribution in [3.05, 3.63) is 23.8 Å². The Labute approximate surface area is 141 Å². The van der Waals surface area contributed by atoms with E-state index in [4.69, 9.17) is 9.47 Å². The van der Waals surface area contributed by atoms with E-state index in [1.807, 2.05) is 13.8 Å². The lowest BCUT2D eigenvalue weighted by molar-refractivity contribution is -0.143. The molecule has 2 rings (SSSR count). The molecular weight excluding hydrogens is 310 g/mol. The number of ketones is 1. The minimum atomic E-state index is -0.468. The van der Waals surface area contributed by atoms with Crippen LogP contribution in [0.15, 0.2) is 18.2 Å². The zero-order valence-electron chi connectivity index (χ0n) is 14.3. The number of nitrogens with zero attached hydrogens (tertiary/aromatic N) is 1. The number of carbonyl (C=O) groups is 3. The van der Waals surface area contributed by atoms with Gasteiger partial charge in [-0.25, -0.2) is 0 Å². The van der Waals surface area contributed by atoms with Gasteiger partial charge in [-0.05, 0) is 30.5 Å². The fourth-order valence-electron chi connectivity index (χ4n) is 2.34. The van der Waals surface area contributed by atoms with E-state index in [-0.39, 0.29) is 24.8 Å². The molecule has 0 atom stereocenters. The molecule has 0 aromatic heterocycles. The number of benzene rings is 1. The van der Waals surface area contributed by atoms with Crippen molar-refractivity contribution in [2.24, 2.45) is 5.92 Å². The van der Waals surface area contributed by atoms with Crippen LogP contribution < -0.4 is 9.64 Å². The van der Waals surface area contributed by atoms with Crippen LogP contribution in [0.5, 0.6) is 5.75 Å². The molecule has 0 fully saturated rings. The average Bonchev–Trinajstić information content (AvgIpc) is 2.56. The molecule has 6 heteroatoms. The number of esters is 1. The highest BCUT2D eigenvalue weighted by Gasteiger charge is 2.28. The lowest BCUT2D eigenvalue weighted by Crippen LogP contribution is -2.42. The molecule has 0 bridgehead atoms. The Morgan fingerprint density at radius 1 is 1.33 bits per heavy atom. The maximum absolute atomic E-state index is 12.1. The zero-order chi connectivity index (χ0) is 17.7. The number of hydrogen-bond donors (Lipinski definition) is 0. The second-order valence-corrected chi connectivity index (χ2v) is 6.13. The monoisotopic (exact) mass is 333 g/mol. The largest absolute Gasteiger partial charge is 0.482 e. The third-order valence-electron chi connectivity index (χ3n) is 3.79. The predicted molar refractivity (Wildman–Crippen MR) is 89.3 cm³/mol. The summed E-state index contributed by atoms with van der Waals surface area (Å²) in [5.74, 6) is 0.0900. The maximum atomic E-state index is 12.1. The minimum Gasteiger partial charge on any atom is -0.482 e. The number of hydrogen-bond acceptors (Lipinski definition) is 5. The first-order valence-corrected chi connectivity index (χ1v) is 8.18. The summed E-state index contributed by atoms with van der Waals surface area (Å²) in [5, 5.41) is 0. The van der Waals surface area contributed by atoms with E-state index in [1.54, 1.807) is 25.1 Å². The molecule has 0 N–H and O–H groups in total. The quantitative estimate of drug-likeness (QED) is 0.566. The van der Waals surface area contributed by atoms with Crippen LogP contribution in [0.3, 0.4) is 0 Å². The Balaban J connectivity index is 2.14. The van der Waals surface area contributed by atoms with Gasteiger partial charge in [-0.3, -0.25) is 19.3 Å². The summed E-state index contributed by atoms with van der Waals surface area (Å²) >= 11 is 0. The van der Waals surface area contributed by atoms with E-state index in [0.717, 1.165) is 6.42 Å². The van der Waals surface area contributed by atoms with Gasteiger partial charge in [0.2, 0.25) is 0 Å². The van der Waals surface area contributed by atoms with Crippen LogP contribution in [-0.4, -0.2) is 37.4 Å². The summed E-state index contributed by atoms with van der Waals surface area (Å²) in [7, 11) is 0. The molecule has 24 heavy (non-hydrogen) atoms. The van der Waals surface area contributed by atoms with Gasteiger partial charge in [-0.2, -0.15) is 0 Å². The second-order valence-electron chi connectivity index (χ2n) is 6.13. The number of ether oxygens (including phenoxy) is 2. The maximum Gasteiger partial charge on any atom is 0.326 e. The summed E-state index contributed by atoms with van der Waals surface area (Å²) in [4.78, 5) is 37.3. The SMILES string of the molecule is CCC(=O)c1ccc2c(c1)N(CC(=O)OCCC(C)C)C(=O)CO2. The first-order valence-electron chi connectivity index (χ1n) is 8.18. The van der Waals surface area contributed by atoms with Gasteiger partial charge in [0.05, 0.1) is 12.3 Å². The lowest BCUT2D eigenvalue weighted by Gasteiger charge is -2.29. The molecule has 6 nitrogen and oxygen atoms in total. The minimum absolute atomic E-state index is 0.0321. The Morgan fingerprint density at radius 3 is 2.75 bits per heavy atom. The molecule has 130 valence electrons. The average molecular weight is 333 g/mol. The van der Waals surface area contributed by atoms with Crippen molar-refractivity contribution < 1.29 is 23.9 Å². The zero-order valence-corrected chi connectivity index (χ0v) is 14.3. The lowest BCUT2D eigenvalue weighted by atomic mass is 10.1. The number of rotatable bonds is 7. The first kappa shape index (κ1) is 18.0. The Bertz CT molecular complexity index is 638. The van der Waals surface area contributed by atoms with Gasteiger partial charge >= 0.3 is 5.97 Å². The van der Waals surface area contributed by atoms with E-state index < -0.39 is 5.97 Å². The van der Waals surface area contributed by atoms with Crippen molar-refractivity contribution in [3.8, 4) is 5.75 Å². The number of anilines is 1.